The van der Waals surface area contributed by atoms with Crippen molar-refractivity contribution >= 4 is 0 Å². The van der Waals surface area contributed by atoms with Gasteiger partial charge in [-0.3, -0.25) is 0 Å². The van der Waals surface area contributed by atoms with Gasteiger partial charge in [-0.1, -0.05) is 20.3 Å². The minimum absolute atomic E-state index is 0.0893. The molecule has 62 valence electrons. The summed E-state index contributed by atoms with van der Waals surface area (Å²) in [5, 5.41) is 8.59. The fourth-order valence-corrected chi connectivity index (χ4v) is 0.441. The minimum Gasteiger partial charge on any atom is -0.508 e. The van der Waals surface area contributed by atoms with E-state index in [0.717, 1.165) is 0 Å². The lowest BCUT2D eigenvalue weighted by Gasteiger charge is -1.86. The molecule has 0 aromatic heterocycles. The van der Waals surface area contributed by atoms with E-state index >= 15 is 0 Å². The van der Waals surface area contributed by atoms with E-state index in [1.54, 1.807) is 0 Å². The highest BCUT2D eigenvalue weighted by atomic mass is 19.1. The van der Waals surface area contributed by atoms with E-state index in [9.17, 15) is 4.39 Å². The number of rotatable bonds is 0. The second-order valence-corrected chi connectivity index (χ2v) is 2.18. The van der Waals surface area contributed by atoms with Crippen LogP contribution in [0.3, 0.4) is 0 Å². The van der Waals surface area contributed by atoms with E-state index in [-0.39, 0.29) is 11.6 Å². The number of aromatic hydroxyl groups is 1. The topological polar surface area (TPSA) is 20.2 Å². The highest BCUT2D eigenvalue weighted by molar-refractivity contribution is 5.19. The molecule has 0 heterocycles. The molecule has 0 saturated carbocycles. The van der Waals surface area contributed by atoms with E-state index in [1.807, 2.05) is 0 Å². The zero-order valence-electron chi connectivity index (χ0n) is 6.84. The molecular weight excluding hydrogens is 143 g/mol. The summed E-state index contributed by atoms with van der Waals surface area (Å²) in [6.07, 6.45) is 1.25. The number of phenolic OH excluding ortho intramolecular Hbond substituents is 1. The van der Waals surface area contributed by atoms with Crippen LogP contribution in [0.4, 0.5) is 4.39 Å². The third-order valence-corrected chi connectivity index (χ3v) is 0.827. The van der Waals surface area contributed by atoms with Gasteiger partial charge in [0.05, 0.1) is 0 Å². The Morgan fingerprint density at radius 2 is 1.55 bits per heavy atom. The second kappa shape index (κ2) is 5.71. The van der Waals surface area contributed by atoms with Crippen molar-refractivity contribution in [2.75, 3.05) is 0 Å². The molecule has 0 aliphatic carbocycles. The van der Waals surface area contributed by atoms with Gasteiger partial charge in [0.1, 0.15) is 11.6 Å². The average molecular weight is 156 g/mol. The maximum atomic E-state index is 12.0. The molecule has 1 aromatic rings. The Bertz CT molecular complexity index is 160. The average Bonchev–Trinajstić information content (AvgIpc) is 1.97. The van der Waals surface area contributed by atoms with Crippen molar-refractivity contribution in [1.29, 1.82) is 0 Å². The van der Waals surface area contributed by atoms with Gasteiger partial charge in [-0.2, -0.15) is 0 Å². The van der Waals surface area contributed by atoms with Gasteiger partial charge in [-0.05, 0) is 24.3 Å². The number of hydrogen-bond acceptors (Lipinski definition) is 1. The van der Waals surface area contributed by atoms with Gasteiger partial charge in [-0.25, -0.2) is 4.39 Å². The van der Waals surface area contributed by atoms with Crippen molar-refractivity contribution < 1.29 is 9.50 Å². The van der Waals surface area contributed by atoms with Crippen LogP contribution in [0.25, 0.3) is 0 Å². The highest BCUT2D eigenvalue weighted by Gasteiger charge is 1.85. The quantitative estimate of drug-likeness (QED) is 0.612. The van der Waals surface area contributed by atoms with Crippen LogP contribution in [-0.2, 0) is 0 Å². The largest absolute Gasteiger partial charge is 0.508 e. The SMILES string of the molecule is CCC.Oc1ccc(F)cc1. The van der Waals surface area contributed by atoms with Crippen molar-refractivity contribution in [3.63, 3.8) is 0 Å². The normalized spacial score (nSPS) is 8.27. The first kappa shape index (κ1) is 9.95. The van der Waals surface area contributed by atoms with E-state index in [2.05, 4.69) is 13.8 Å². The summed E-state index contributed by atoms with van der Waals surface area (Å²) in [5.41, 5.74) is 0. The predicted molar refractivity (Wildman–Crippen MR) is 44.0 cm³/mol. The zero-order valence-corrected chi connectivity index (χ0v) is 6.84. The van der Waals surface area contributed by atoms with E-state index in [4.69, 9.17) is 5.11 Å². The molecule has 0 atom stereocenters. The molecule has 1 rings (SSSR count). The summed E-state index contributed by atoms with van der Waals surface area (Å²) in [7, 11) is 0. The summed E-state index contributed by atoms with van der Waals surface area (Å²) in [6, 6.07) is 5.01. The smallest absolute Gasteiger partial charge is 0.123 e. The first-order valence-electron chi connectivity index (χ1n) is 3.65. The molecule has 0 aliphatic rings. The van der Waals surface area contributed by atoms with E-state index in [0.29, 0.717) is 0 Å². The van der Waals surface area contributed by atoms with Crippen molar-refractivity contribution in [2.45, 2.75) is 20.3 Å². The van der Waals surface area contributed by atoms with Crippen LogP contribution in [0.5, 0.6) is 5.75 Å². The van der Waals surface area contributed by atoms with Gasteiger partial charge >= 0.3 is 0 Å². The predicted octanol–water partition coefficient (Wildman–Crippen LogP) is 2.95. The monoisotopic (exact) mass is 156 g/mol. The van der Waals surface area contributed by atoms with Crippen molar-refractivity contribution in [3.8, 4) is 5.75 Å². The maximum absolute atomic E-state index is 12.0. The molecule has 0 radical (unpaired) electrons. The van der Waals surface area contributed by atoms with Crippen LogP contribution < -0.4 is 0 Å². The van der Waals surface area contributed by atoms with Crippen LogP contribution in [0.2, 0.25) is 0 Å². The molecule has 0 saturated heterocycles. The molecule has 2 heteroatoms. The fourth-order valence-electron chi connectivity index (χ4n) is 0.441. The van der Waals surface area contributed by atoms with Crippen LogP contribution >= 0.6 is 0 Å². The van der Waals surface area contributed by atoms with Gasteiger partial charge in [0.15, 0.2) is 0 Å². The van der Waals surface area contributed by atoms with Crippen molar-refractivity contribution in [1.82, 2.24) is 0 Å². The highest BCUT2D eigenvalue weighted by Crippen LogP contribution is 2.06. The molecule has 0 bridgehead atoms. The Labute approximate surface area is 66.5 Å². The van der Waals surface area contributed by atoms with Gasteiger partial charge in [-0.15, -0.1) is 0 Å². The third-order valence-electron chi connectivity index (χ3n) is 0.827. The first-order chi connectivity index (χ1) is 5.20. The molecule has 11 heavy (non-hydrogen) atoms. The van der Waals surface area contributed by atoms with Gasteiger partial charge in [0, 0.05) is 0 Å². The molecule has 0 unspecified atom stereocenters. The van der Waals surface area contributed by atoms with Gasteiger partial charge in [0.25, 0.3) is 0 Å². The molecule has 0 amide bonds. The Kier molecular flexibility index (Phi) is 5.17. The maximum Gasteiger partial charge on any atom is 0.123 e. The molecule has 0 aliphatic heterocycles. The van der Waals surface area contributed by atoms with Gasteiger partial charge in [0.2, 0.25) is 0 Å². The Hall–Kier alpha value is -1.05. The van der Waals surface area contributed by atoms with Crippen molar-refractivity contribution in [3.05, 3.63) is 30.1 Å². The lowest BCUT2D eigenvalue weighted by atomic mass is 10.3. The lowest BCUT2D eigenvalue weighted by Crippen LogP contribution is -1.67. The van der Waals surface area contributed by atoms with Crippen LogP contribution in [0, 0.1) is 5.82 Å². The number of phenols is 1. The summed E-state index contributed by atoms with van der Waals surface area (Å²) < 4.78 is 12.0. The van der Waals surface area contributed by atoms with E-state index < -0.39 is 0 Å². The molecular formula is C9H13FO. The summed E-state index contributed by atoms with van der Waals surface area (Å²) in [4.78, 5) is 0. The Morgan fingerprint density at radius 1 is 1.18 bits per heavy atom. The van der Waals surface area contributed by atoms with E-state index in [1.165, 1.54) is 30.7 Å². The third kappa shape index (κ3) is 5.40. The Morgan fingerprint density at radius 3 is 1.82 bits per heavy atom. The minimum atomic E-state index is -0.331. The number of halogens is 1. The number of hydrogen-bond donors (Lipinski definition) is 1. The van der Waals surface area contributed by atoms with Crippen LogP contribution in [0.1, 0.15) is 20.3 Å². The number of benzene rings is 1. The molecule has 1 nitrogen and oxygen atoms in total. The molecule has 1 aromatic carbocycles. The van der Waals surface area contributed by atoms with Crippen LogP contribution in [-0.4, -0.2) is 5.11 Å². The fraction of sp³-hybridized carbons (Fsp3) is 0.333. The summed E-state index contributed by atoms with van der Waals surface area (Å²) in [5.74, 6) is -0.241. The molecule has 1 N–H and O–H groups in total. The molecule has 0 spiro atoms. The standard InChI is InChI=1S/C6H5FO.C3H8/c7-5-1-3-6(8)4-2-5;1-3-2/h1-4,8H;3H2,1-2H3. The van der Waals surface area contributed by atoms with Gasteiger partial charge < -0.3 is 5.11 Å². The summed E-state index contributed by atoms with van der Waals surface area (Å²) >= 11 is 0. The zero-order chi connectivity index (χ0) is 8.69. The molecule has 0 fully saturated rings. The first-order valence-corrected chi connectivity index (χ1v) is 3.65. The lowest BCUT2D eigenvalue weighted by molar-refractivity contribution is 0.473. The van der Waals surface area contributed by atoms with Crippen molar-refractivity contribution in [2.24, 2.45) is 0 Å². The van der Waals surface area contributed by atoms with Crippen LogP contribution in [0.15, 0.2) is 24.3 Å². The summed E-state index contributed by atoms with van der Waals surface area (Å²) in [6.45, 7) is 4.25. The Balaban J connectivity index is 0.000000292. The second-order valence-electron chi connectivity index (χ2n) is 2.18.